The lowest BCUT2D eigenvalue weighted by molar-refractivity contribution is -0.119. The standard InChI is InChI=1S/C12H17N3O3/c1-4-13-11(16)7-15(3)10-6-5-9(12(17)18)8(2)14-10/h5-6H,4,7H2,1-3H3,(H,13,16)(H,17,18). The Labute approximate surface area is 106 Å². The number of carboxylic acid groups (broad SMARTS) is 1. The number of carbonyl (C=O) groups is 2. The topological polar surface area (TPSA) is 82.5 Å². The summed E-state index contributed by atoms with van der Waals surface area (Å²) in [5.74, 6) is -0.525. The van der Waals surface area contributed by atoms with Crippen molar-refractivity contribution in [2.24, 2.45) is 0 Å². The largest absolute Gasteiger partial charge is 0.478 e. The van der Waals surface area contributed by atoms with Crippen molar-refractivity contribution in [1.29, 1.82) is 0 Å². The van der Waals surface area contributed by atoms with E-state index in [0.717, 1.165) is 0 Å². The van der Waals surface area contributed by atoms with Crippen LogP contribution in [0.3, 0.4) is 0 Å². The van der Waals surface area contributed by atoms with E-state index in [4.69, 9.17) is 5.11 Å². The van der Waals surface area contributed by atoms with E-state index in [0.29, 0.717) is 18.1 Å². The van der Waals surface area contributed by atoms with E-state index in [1.165, 1.54) is 6.07 Å². The summed E-state index contributed by atoms with van der Waals surface area (Å²) >= 11 is 0. The summed E-state index contributed by atoms with van der Waals surface area (Å²) < 4.78 is 0. The van der Waals surface area contributed by atoms with Gasteiger partial charge in [0.25, 0.3) is 0 Å². The fourth-order valence-electron chi connectivity index (χ4n) is 1.54. The number of pyridine rings is 1. The molecule has 0 fully saturated rings. The van der Waals surface area contributed by atoms with Crippen molar-refractivity contribution >= 4 is 17.7 Å². The minimum atomic E-state index is -1.00. The molecular formula is C12H17N3O3. The molecule has 1 aromatic heterocycles. The van der Waals surface area contributed by atoms with Crippen LogP contribution in [0.25, 0.3) is 0 Å². The maximum Gasteiger partial charge on any atom is 0.337 e. The highest BCUT2D eigenvalue weighted by Gasteiger charge is 2.12. The summed E-state index contributed by atoms with van der Waals surface area (Å²) in [6.45, 7) is 4.25. The van der Waals surface area contributed by atoms with E-state index < -0.39 is 5.97 Å². The first-order valence-electron chi connectivity index (χ1n) is 5.64. The van der Waals surface area contributed by atoms with Crippen LogP contribution in [0.2, 0.25) is 0 Å². The van der Waals surface area contributed by atoms with E-state index in [1.54, 1.807) is 24.9 Å². The van der Waals surface area contributed by atoms with Gasteiger partial charge in [-0.2, -0.15) is 0 Å². The molecule has 0 radical (unpaired) electrons. The third-order valence-electron chi connectivity index (χ3n) is 2.45. The highest BCUT2D eigenvalue weighted by Crippen LogP contribution is 2.13. The lowest BCUT2D eigenvalue weighted by Gasteiger charge is -2.18. The van der Waals surface area contributed by atoms with Gasteiger partial charge in [0.1, 0.15) is 5.82 Å². The van der Waals surface area contributed by atoms with Crippen molar-refractivity contribution in [3.63, 3.8) is 0 Å². The van der Waals surface area contributed by atoms with Crippen LogP contribution >= 0.6 is 0 Å². The van der Waals surface area contributed by atoms with Gasteiger partial charge in [0.2, 0.25) is 5.91 Å². The molecule has 0 spiro atoms. The SMILES string of the molecule is CCNC(=O)CN(C)c1ccc(C(=O)O)c(C)n1. The third kappa shape index (κ3) is 3.44. The van der Waals surface area contributed by atoms with Crippen molar-refractivity contribution in [2.45, 2.75) is 13.8 Å². The monoisotopic (exact) mass is 251 g/mol. The third-order valence-corrected chi connectivity index (χ3v) is 2.45. The smallest absolute Gasteiger partial charge is 0.337 e. The highest BCUT2D eigenvalue weighted by atomic mass is 16.4. The molecule has 0 atom stereocenters. The van der Waals surface area contributed by atoms with Gasteiger partial charge in [-0.3, -0.25) is 4.79 Å². The van der Waals surface area contributed by atoms with E-state index in [-0.39, 0.29) is 18.0 Å². The second-order valence-electron chi connectivity index (χ2n) is 3.92. The molecule has 1 heterocycles. The van der Waals surface area contributed by atoms with Crippen LogP contribution in [0, 0.1) is 6.92 Å². The normalized spacial score (nSPS) is 9.94. The van der Waals surface area contributed by atoms with Gasteiger partial charge in [-0.1, -0.05) is 0 Å². The number of carboxylic acids is 1. The zero-order chi connectivity index (χ0) is 13.7. The van der Waals surface area contributed by atoms with Crippen molar-refractivity contribution in [3.8, 4) is 0 Å². The van der Waals surface area contributed by atoms with Gasteiger partial charge >= 0.3 is 5.97 Å². The molecule has 0 aliphatic carbocycles. The molecule has 0 aliphatic rings. The fraction of sp³-hybridized carbons (Fsp3) is 0.417. The number of aromatic carboxylic acids is 1. The van der Waals surface area contributed by atoms with Crippen LogP contribution in [0.1, 0.15) is 23.0 Å². The number of carbonyl (C=O) groups excluding carboxylic acids is 1. The summed E-state index contributed by atoms with van der Waals surface area (Å²) in [4.78, 5) is 28.1. The van der Waals surface area contributed by atoms with Crippen molar-refractivity contribution < 1.29 is 14.7 Å². The summed E-state index contributed by atoms with van der Waals surface area (Å²) in [6, 6.07) is 3.09. The maximum atomic E-state index is 11.4. The van der Waals surface area contributed by atoms with Gasteiger partial charge in [0.05, 0.1) is 17.8 Å². The lowest BCUT2D eigenvalue weighted by atomic mass is 10.2. The van der Waals surface area contributed by atoms with Gasteiger partial charge in [0.15, 0.2) is 0 Å². The average molecular weight is 251 g/mol. The summed E-state index contributed by atoms with van der Waals surface area (Å²) in [6.07, 6.45) is 0. The Bertz CT molecular complexity index is 460. The predicted octanol–water partition coefficient (Wildman–Crippen LogP) is 0.661. The number of hydrogen-bond donors (Lipinski definition) is 2. The molecule has 0 aliphatic heterocycles. The van der Waals surface area contributed by atoms with Crippen LogP contribution in [-0.4, -0.2) is 42.1 Å². The Hall–Kier alpha value is -2.11. The van der Waals surface area contributed by atoms with Crippen molar-refractivity contribution in [1.82, 2.24) is 10.3 Å². The highest BCUT2D eigenvalue weighted by molar-refractivity contribution is 5.89. The Balaban J connectivity index is 2.81. The number of aryl methyl sites for hydroxylation is 1. The minimum Gasteiger partial charge on any atom is -0.478 e. The Morgan fingerprint density at radius 2 is 2.11 bits per heavy atom. The lowest BCUT2D eigenvalue weighted by Crippen LogP contribution is -2.35. The average Bonchev–Trinajstić information content (AvgIpc) is 2.28. The molecule has 1 rings (SSSR count). The molecular weight excluding hydrogens is 234 g/mol. The fourth-order valence-corrected chi connectivity index (χ4v) is 1.54. The van der Waals surface area contributed by atoms with Gasteiger partial charge in [0, 0.05) is 13.6 Å². The molecule has 6 heteroatoms. The van der Waals surface area contributed by atoms with E-state index in [2.05, 4.69) is 10.3 Å². The molecule has 0 saturated heterocycles. The molecule has 1 aromatic rings. The molecule has 0 aromatic carbocycles. The zero-order valence-electron chi connectivity index (χ0n) is 10.7. The quantitative estimate of drug-likeness (QED) is 0.803. The minimum absolute atomic E-state index is 0.0956. The number of nitrogens with one attached hydrogen (secondary N) is 1. The molecule has 0 saturated carbocycles. The van der Waals surface area contributed by atoms with Gasteiger partial charge in [-0.05, 0) is 26.0 Å². The molecule has 98 valence electrons. The maximum absolute atomic E-state index is 11.4. The Kier molecular flexibility index (Phi) is 4.65. The molecule has 0 bridgehead atoms. The summed E-state index contributed by atoms with van der Waals surface area (Å²) in [5, 5.41) is 11.6. The number of hydrogen-bond acceptors (Lipinski definition) is 4. The molecule has 0 unspecified atom stereocenters. The van der Waals surface area contributed by atoms with Gasteiger partial charge < -0.3 is 15.3 Å². The van der Waals surface area contributed by atoms with E-state index in [1.807, 2.05) is 6.92 Å². The van der Waals surface area contributed by atoms with Crippen LogP contribution in [0.4, 0.5) is 5.82 Å². The summed E-state index contributed by atoms with van der Waals surface area (Å²) in [5.41, 5.74) is 0.605. The first kappa shape index (κ1) is 14.0. The molecule has 6 nitrogen and oxygen atoms in total. The van der Waals surface area contributed by atoms with E-state index >= 15 is 0 Å². The van der Waals surface area contributed by atoms with Crippen LogP contribution in [0.5, 0.6) is 0 Å². The van der Waals surface area contributed by atoms with Crippen molar-refractivity contribution in [3.05, 3.63) is 23.4 Å². The number of amides is 1. The number of nitrogens with zero attached hydrogens (tertiary/aromatic N) is 2. The molecule has 2 N–H and O–H groups in total. The van der Waals surface area contributed by atoms with Crippen LogP contribution < -0.4 is 10.2 Å². The van der Waals surface area contributed by atoms with E-state index in [9.17, 15) is 9.59 Å². The van der Waals surface area contributed by atoms with Crippen LogP contribution in [-0.2, 0) is 4.79 Å². The zero-order valence-corrected chi connectivity index (χ0v) is 10.7. The number of anilines is 1. The Morgan fingerprint density at radius 3 is 2.61 bits per heavy atom. The number of rotatable bonds is 5. The summed E-state index contributed by atoms with van der Waals surface area (Å²) in [7, 11) is 1.73. The number of aromatic nitrogens is 1. The molecule has 1 amide bonds. The predicted molar refractivity (Wildman–Crippen MR) is 67.9 cm³/mol. The number of likely N-dealkylation sites (N-methyl/N-ethyl adjacent to an activating group) is 2. The molecule has 18 heavy (non-hydrogen) atoms. The van der Waals surface area contributed by atoms with Crippen LogP contribution in [0.15, 0.2) is 12.1 Å². The van der Waals surface area contributed by atoms with Crippen molar-refractivity contribution in [2.75, 3.05) is 25.0 Å². The second kappa shape index (κ2) is 6.00. The second-order valence-corrected chi connectivity index (χ2v) is 3.92. The first-order valence-corrected chi connectivity index (χ1v) is 5.64. The van der Waals surface area contributed by atoms with Gasteiger partial charge in [-0.15, -0.1) is 0 Å². The Morgan fingerprint density at radius 1 is 1.44 bits per heavy atom. The first-order chi connectivity index (χ1) is 8.45. The van der Waals surface area contributed by atoms with Gasteiger partial charge in [-0.25, -0.2) is 9.78 Å².